The molecule has 30 heavy (non-hydrogen) atoms. The molecule has 0 bridgehead atoms. The molecule has 0 atom stereocenters. The minimum absolute atomic E-state index is 0.166. The van der Waals surface area contributed by atoms with E-state index in [1.54, 1.807) is 52.1 Å². The SMILES string of the molecule is CCOc1ccc(-c2cc3c(=O)n(CCNC(=O)c4ccncc4)ccn3n2)cc1. The number of carbonyl (C=O) groups excluding carboxylic acids is 1. The second kappa shape index (κ2) is 8.60. The highest BCUT2D eigenvalue weighted by molar-refractivity contribution is 5.93. The molecule has 0 aliphatic heterocycles. The van der Waals surface area contributed by atoms with Crippen LogP contribution >= 0.6 is 0 Å². The van der Waals surface area contributed by atoms with Crippen LogP contribution in [-0.2, 0) is 6.54 Å². The maximum absolute atomic E-state index is 12.8. The largest absolute Gasteiger partial charge is 0.494 e. The summed E-state index contributed by atoms with van der Waals surface area (Å²) in [4.78, 5) is 28.8. The third kappa shape index (κ3) is 4.07. The molecule has 8 heteroatoms. The van der Waals surface area contributed by atoms with Gasteiger partial charge in [0.15, 0.2) is 0 Å². The first kappa shape index (κ1) is 19.4. The number of aromatic nitrogens is 4. The zero-order valence-corrected chi connectivity index (χ0v) is 16.5. The van der Waals surface area contributed by atoms with Crippen LogP contribution in [0.3, 0.4) is 0 Å². The van der Waals surface area contributed by atoms with Gasteiger partial charge in [0, 0.05) is 49.0 Å². The molecule has 1 N–H and O–H groups in total. The van der Waals surface area contributed by atoms with Crippen LogP contribution in [0.1, 0.15) is 17.3 Å². The Labute approximate surface area is 172 Å². The lowest BCUT2D eigenvalue weighted by Crippen LogP contribution is -2.31. The van der Waals surface area contributed by atoms with Gasteiger partial charge in [-0.15, -0.1) is 0 Å². The van der Waals surface area contributed by atoms with Crippen LogP contribution in [0.2, 0.25) is 0 Å². The molecule has 0 saturated heterocycles. The molecule has 4 rings (SSSR count). The highest BCUT2D eigenvalue weighted by atomic mass is 16.5. The molecule has 0 fully saturated rings. The third-order valence-electron chi connectivity index (χ3n) is 4.65. The van der Waals surface area contributed by atoms with Crippen molar-refractivity contribution in [1.29, 1.82) is 0 Å². The van der Waals surface area contributed by atoms with E-state index < -0.39 is 0 Å². The fourth-order valence-corrected chi connectivity index (χ4v) is 3.13. The Kier molecular flexibility index (Phi) is 5.56. The molecule has 3 aromatic heterocycles. The zero-order chi connectivity index (χ0) is 20.9. The van der Waals surface area contributed by atoms with E-state index in [0.717, 1.165) is 11.3 Å². The first-order valence-corrected chi connectivity index (χ1v) is 9.66. The monoisotopic (exact) mass is 403 g/mol. The second-order valence-electron chi connectivity index (χ2n) is 6.61. The van der Waals surface area contributed by atoms with Crippen molar-refractivity contribution in [3.63, 3.8) is 0 Å². The van der Waals surface area contributed by atoms with Crippen molar-refractivity contribution in [1.82, 2.24) is 24.5 Å². The predicted octanol–water partition coefficient (Wildman–Crippen LogP) is 2.39. The van der Waals surface area contributed by atoms with E-state index >= 15 is 0 Å². The number of hydrogen-bond acceptors (Lipinski definition) is 5. The zero-order valence-electron chi connectivity index (χ0n) is 16.5. The number of benzene rings is 1. The lowest BCUT2D eigenvalue weighted by atomic mass is 10.1. The van der Waals surface area contributed by atoms with Gasteiger partial charge in [-0.25, -0.2) is 4.52 Å². The molecule has 0 spiro atoms. The van der Waals surface area contributed by atoms with E-state index in [1.165, 1.54) is 0 Å². The summed E-state index contributed by atoms with van der Waals surface area (Å²) < 4.78 is 8.59. The minimum Gasteiger partial charge on any atom is -0.494 e. The smallest absolute Gasteiger partial charge is 0.276 e. The standard InChI is InChI=1S/C22H21N5O3/c1-2-30-18-5-3-16(4-6-18)19-15-20-22(29)26(13-14-27(20)25-19)12-11-24-21(28)17-7-9-23-10-8-17/h3-10,13-15H,2,11-12H2,1H3,(H,24,28). The van der Waals surface area contributed by atoms with E-state index in [4.69, 9.17) is 4.74 Å². The lowest BCUT2D eigenvalue weighted by molar-refractivity contribution is 0.0952. The molecular weight excluding hydrogens is 382 g/mol. The average molecular weight is 403 g/mol. The van der Waals surface area contributed by atoms with E-state index in [-0.39, 0.29) is 11.5 Å². The molecule has 0 unspecified atom stereocenters. The Hall–Kier alpha value is -3.94. The topological polar surface area (TPSA) is 90.5 Å². The van der Waals surface area contributed by atoms with Crippen LogP contribution in [0.4, 0.5) is 0 Å². The Morgan fingerprint density at radius 2 is 1.87 bits per heavy atom. The van der Waals surface area contributed by atoms with Gasteiger partial charge in [0.1, 0.15) is 11.3 Å². The summed E-state index contributed by atoms with van der Waals surface area (Å²) in [6.45, 7) is 3.23. The van der Waals surface area contributed by atoms with Gasteiger partial charge < -0.3 is 14.6 Å². The summed E-state index contributed by atoms with van der Waals surface area (Å²) in [5, 5.41) is 7.30. The van der Waals surface area contributed by atoms with E-state index in [0.29, 0.717) is 36.5 Å². The van der Waals surface area contributed by atoms with Gasteiger partial charge in [0.25, 0.3) is 11.5 Å². The average Bonchev–Trinajstić information content (AvgIpc) is 3.22. The fraction of sp³-hybridized carbons (Fsp3) is 0.182. The number of carbonyl (C=O) groups is 1. The van der Waals surface area contributed by atoms with Crippen LogP contribution in [0, 0.1) is 0 Å². The molecule has 4 aromatic rings. The molecule has 0 radical (unpaired) electrons. The third-order valence-corrected chi connectivity index (χ3v) is 4.65. The maximum atomic E-state index is 12.8. The van der Waals surface area contributed by atoms with Gasteiger partial charge >= 0.3 is 0 Å². The lowest BCUT2D eigenvalue weighted by Gasteiger charge is -2.07. The Morgan fingerprint density at radius 1 is 1.10 bits per heavy atom. The quantitative estimate of drug-likeness (QED) is 0.512. The van der Waals surface area contributed by atoms with Crippen molar-refractivity contribution >= 4 is 11.4 Å². The molecule has 1 amide bonds. The van der Waals surface area contributed by atoms with Crippen LogP contribution < -0.4 is 15.6 Å². The predicted molar refractivity (Wildman–Crippen MR) is 113 cm³/mol. The van der Waals surface area contributed by atoms with Crippen molar-refractivity contribution in [3.8, 4) is 17.0 Å². The summed E-state index contributed by atoms with van der Waals surface area (Å²) in [6, 6.07) is 12.6. The van der Waals surface area contributed by atoms with Crippen LogP contribution in [0.25, 0.3) is 16.8 Å². The number of ether oxygens (including phenoxy) is 1. The number of nitrogens with zero attached hydrogens (tertiary/aromatic N) is 4. The summed E-state index contributed by atoms with van der Waals surface area (Å²) in [7, 11) is 0. The highest BCUT2D eigenvalue weighted by Crippen LogP contribution is 2.21. The van der Waals surface area contributed by atoms with E-state index in [1.807, 2.05) is 31.2 Å². The summed E-state index contributed by atoms with van der Waals surface area (Å²) >= 11 is 0. The molecule has 3 heterocycles. The van der Waals surface area contributed by atoms with Crippen molar-refractivity contribution in [2.75, 3.05) is 13.2 Å². The minimum atomic E-state index is -0.200. The van der Waals surface area contributed by atoms with Crippen molar-refractivity contribution in [2.45, 2.75) is 13.5 Å². The number of fused-ring (bicyclic) bond motifs is 1. The summed E-state index contributed by atoms with van der Waals surface area (Å²) in [5.74, 6) is 0.592. The first-order chi connectivity index (χ1) is 14.7. The number of rotatable bonds is 7. The Morgan fingerprint density at radius 3 is 2.60 bits per heavy atom. The van der Waals surface area contributed by atoms with Gasteiger partial charge in [-0.1, -0.05) is 0 Å². The molecule has 0 aliphatic rings. The normalized spacial score (nSPS) is 10.8. The molecule has 0 saturated carbocycles. The molecule has 0 aliphatic carbocycles. The second-order valence-corrected chi connectivity index (χ2v) is 6.61. The summed E-state index contributed by atoms with van der Waals surface area (Å²) in [5.41, 5.74) is 2.45. The molecule has 1 aromatic carbocycles. The maximum Gasteiger partial charge on any atom is 0.276 e. The number of pyridine rings is 1. The van der Waals surface area contributed by atoms with Crippen molar-refractivity contribution in [3.05, 3.63) is 83.2 Å². The van der Waals surface area contributed by atoms with Gasteiger partial charge in [-0.3, -0.25) is 14.6 Å². The van der Waals surface area contributed by atoms with Crippen molar-refractivity contribution in [2.24, 2.45) is 0 Å². The number of amides is 1. The highest BCUT2D eigenvalue weighted by Gasteiger charge is 2.10. The summed E-state index contributed by atoms with van der Waals surface area (Å²) in [6.07, 6.45) is 6.53. The van der Waals surface area contributed by atoms with Gasteiger partial charge in [-0.2, -0.15) is 5.10 Å². The van der Waals surface area contributed by atoms with E-state index in [9.17, 15) is 9.59 Å². The number of hydrogen-bond donors (Lipinski definition) is 1. The molecular formula is C22H21N5O3. The molecule has 152 valence electrons. The van der Waals surface area contributed by atoms with Crippen molar-refractivity contribution < 1.29 is 9.53 Å². The first-order valence-electron chi connectivity index (χ1n) is 9.66. The van der Waals surface area contributed by atoms with E-state index in [2.05, 4.69) is 15.4 Å². The fourth-order valence-electron chi connectivity index (χ4n) is 3.13. The van der Waals surface area contributed by atoms with Gasteiger partial charge in [0.2, 0.25) is 0 Å². The Bertz CT molecular complexity index is 1210. The van der Waals surface area contributed by atoms with Crippen LogP contribution in [0.15, 0.2) is 72.0 Å². The van der Waals surface area contributed by atoms with Crippen LogP contribution in [0.5, 0.6) is 5.75 Å². The van der Waals surface area contributed by atoms with Gasteiger partial charge in [0.05, 0.1) is 12.3 Å². The molecule has 8 nitrogen and oxygen atoms in total. The van der Waals surface area contributed by atoms with Crippen LogP contribution in [-0.4, -0.2) is 38.2 Å². The van der Waals surface area contributed by atoms with Gasteiger partial charge in [-0.05, 0) is 49.4 Å². The number of nitrogens with one attached hydrogen (secondary N) is 1. The Balaban J connectivity index is 1.48.